The smallest absolute Gasteiger partial charge is 0.329 e. The Bertz CT molecular complexity index is 591. The molecule has 4 nitrogen and oxygen atoms in total. The lowest BCUT2D eigenvalue weighted by atomic mass is 10.1. The molecule has 0 amide bonds. The van der Waals surface area contributed by atoms with Gasteiger partial charge in [0.25, 0.3) is 0 Å². The highest BCUT2D eigenvalue weighted by Gasteiger charge is 2.34. The summed E-state index contributed by atoms with van der Waals surface area (Å²) in [5, 5.41) is 0. The lowest BCUT2D eigenvalue weighted by Gasteiger charge is -2.23. The minimum atomic E-state index is -4.59. The summed E-state index contributed by atoms with van der Waals surface area (Å²) in [5.74, 6) is 0. The van der Waals surface area contributed by atoms with Gasteiger partial charge in [-0.2, -0.15) is 17.5 Å². The summed E-state index contributed by atoms with van der Waals surface area (Å²) in [6.45, 7) is 2.94. The monoisotopic (exact) mass is 346 g/mol. The number of nitrogens with two attached hydrogens (primary N) is 1. The second kappa shape index (κ2) is 6.95. The highest BCUT2D eigenvalue weighted by molar-refractivity contribution is 7.89. The Kier molecular flexibility index (Phi) is 6.68. The van der Waals surface area contributed by atoms with Gasteiger partial charge < -0.3 is 5.73 Å². The van der Waals surface area contributed by atoms with E-state index in [9.17, 15) is 21.6 Å². The molecule has 21 heavy (non-hydrogen) atoms. The van der Waals surface area contributed by atoms with Gasteiger partial charge in [-0.15, -0.1) is 12.4 Å². The molecule has 2 N–H and O–H groups in total. The van der Waals surface area contributed by atoms with Crippen LogP contribution in [0.25, 0.3) is 0 Å². The average Bonchev–Trinajstić information content (AvgIpc) is 2.35. The van der Waals surface area contributed by atoms with Crippen molar-refractivity contribution in [2.24, 2.45) is 5.73 Å². The third-order valence-corrected chi connectivity index (χ3v) is 5.12. The Balaban J connectivity index is 0.00000400. The molecule has 0 saturated heterocycles. The molecule has 1 aromatic carbocycles. The first kappa shape index (κ1) is 20.2. The van der Waals surface area contributed by atoms with E-state index in [4.69, 9.17) is 5.73 Å². The lowest BCUT2D eigenvalue weighted by Crippen LogP contribution is -2.39. The van der Waals surface area contributed by atoms with Crippen molar-refractivity contribution in [1.29, 1.82) is 0 Å². The second-order valence-electron chi connectivity index (χ2n) is 4.58. The van der Waals surface area contributed by atoms with Gasteiger partial charge in [-0.3, -0.25) is 0 Å². The molecule has 0 aromatic heterocycles. The number of hydrogen-bond donors (Lipinski definition) is 1. The fourth-order valence-electron chi connectivity index (χ4n) is 1.62. The highest BCUT2D eigenvalue weighted by Crippen LogP contribution is 2.33. The van der Waals surface area contributed by atoms with Gasteiger partial charge in [0.15, 0.2) is 0 Å². The second-order valence-corrected chi connectivity index (χ2v) is 6.58. The van der Waals surface area contributed by atoms with Gasteiger partial charge >= 0.3 is 6.18 Å². The zero-order valence-electron chi connectivity index (χ0n) is 11.8. The molecule has 0 fully saturated rings. The maximum atomic E-state index is 12.8. The largest absolute Gasteiger partial charge is 0.416 e. The van der Waals surface area contributed by atoms with Gasteiger partial charge in [0.05, 0.1) is 10.5 Å². The van der Waals surface area contributed by atoms with Crippen LogP contribution in [0.4, 0.5) is 13.2 Å². The van der Waals surface area contributed by atoms with Gasteiger partial charge in [-0.1, -0.05) is 6.07 Å². The van der Waals surface area contributed by atoms with Crippen LogP contribution in [0.3, 0.4) is 0 Å². The van der Waals surface area contributed by atoms with Crippen molar-refractivity contribution in [2.45, 2.75) is 31.0 Å². The molecule has 9 heteroatoms. The van der Waals surface area contributed by atoms with E-state index in [0.717, 1.165) is 10.4 Å². The molecule has 0 heterocycles. The first-order valence-corrected chi connectivity index (χ1v) is 7.31. The first-order valence-electron chi connectivity index (χ1n) is 5.87. The molecule has 0 radical (unpaired) electrons. The van der Waals surface area contributed by atoms with Crippen LogP contribution in [-0.2, 0) is 16.2 Å². The molecular weight excluding hydrogens is 329 g/mol. The molecule has 1 aromatic rings. The molecule has 1 rings (SSSR count). The number of sulfonamides is 1. The SMILES string of the molecule is Cc1ccc(S(=O)(=O)N(C)C(C)CN)cc1C(F)(F)F.Cl. The van der Waals surface area contributed by atoms with Gasteiger partial charge in [-0.05, 0) is 31.5 Å². The zero-order valence-corrected chi connectivity index (χ0v) is 13.4. The van der Waals surface area contributed by atoms with Crippen LogP contribution in [-0.4, -0.2) is 32.4 Å². The van der Waals surface area contributed by atoms with Gasteiger partial charge in [-0.25, -0.2) is 8.42 Å². The summed E-state index contributed by atoms with van der Waals surface area (Å²) in [6.07, 6.45) is -4.59. The molecule has 0 aliphatic rings. The molecule has 1 atom stereocenters. The van der Waals surface area contributed by atoms with Crippen molar-refractivity contribution in [3.63, 3.8) is 0 Å². The Hall–Kier alpha value is -0.830. The summed E-state index contributed by atoms with van der Waals surface area (Å²) in [5.41, 5.74) is 4.41. The van der Waals surface area contributed by atoms with Gasteiger partial charge in [0.1, 0.15) is 0 Å². The van der Waals surface area contributed by atoms with E-state index in [2.05, 4.69) is 0 Å². The first-order chi connectivity index (χ1) is 9.01. The fourth-order valence-corrected chi connectivity index (χ4v) is 3.02. The third kappa shape index (κ3) is 4.32. The number of benzene rings is 1. The van der Waals surface area contributed by atoms with E-state index in [1.165, 1.54) is 20.0 Å². The minimum absolute atomic E-state index is 0. The van der Waals surface area contributed by atoms with Crippen LogP contribution in [0.5, 0.6) is 0 Å². The van der Waals surface area contributed by atoms with E-state index < -0.39 is 32.7 Å². The maximum absolute atomic E-state index is 12.8. The van der Waals surface area contributed by atoms with Crippen molar-refractivity contribution >= 4 is 22.4 Å². The maximum Gasteiger partial charge on any atom is 0.416 e. The summed E-state index contributed by atoms with van der Waals surface area (Å²) in [4.78, 5) is -0.391. The van der Waals surface area contributed by atoms with Crippen molar-refractivity contribution in [3.8, 4) is 0 Å². The molecule has 0 aliphatic carbocycles. The van der Waals surface area contributed by atoms with E-state index in [1.54, 1.807) is 6.92 Å². The molecular formula is C12H18ClF3N2O2S. The molecule has 0 aliphatic heterocycles. The Labute approximate surface area is 128 Å². The van der Waals surface area contributed by atoms with Gasteiger partial charge in [0, 0.05) is 19.6 Å². The molecule has 1 unspecified atom stereocenters. The van der Waals surface area contributed by atoms with Crippen LogP contribution in [0.15, 0.2) is 23.1 Å². The Morgan fingerprint density at radius 1 is 1.33 bits per heavy atom. The fraction of sp³-hybridized carbons (Fsp3) is 0.500. The lowest BCUT2D eigenvalue weighted by molar-refractivity contribution is -0.138. The molecule has 0 saturated carbocycles. The number of hydrogen-bond acceptors (Lipinski definition) is 3. The van der Waals surface area contributed by atoms with Crippen molar-refractivity contribution in [2.75, 3.05) is 13.6 Å². The van der Waals surface area contributed by atoms with Crippen LogP contribution in [0.1, 0.15) is 18.1 Å². The quantitative estimate of drug-likeness (QED) is 0.910. The van der Waals surface area contributed by atoms with Crippen molar-refractivity contribution in [3.05, 3.63) is 29.3 Å². The van der Waals surface area contributed by atoms with E-state index >= 15 is 0 Å². The van der Waals surface area contributed by atoms with E-state index in [-0.39, 0.29) is 24.5 Å². The van der Waals surface area contributed by atoms with Crippen molar-refractivity contribution < 1.29 is 21.6 Å². The highest BCUT2D eigenvalue weighted by atomic mass is 35.5. The Morgan fingerprint density at radius 3 is 2.29 bits per heavy atom. The van der Waals surface area contributed by atoms with Crippen LogP contribution in [0, 0.1) is 6.92 Å². The standard InChI is InChI=1S/C12H17F3N2O2S.ClH/c1-8-4-5-10(6-11(8)12(13,14)15)20(18,19)17(3)9(2)7-16;/h4-6,9H,7,16H2,1-3H3;1H. The predicted octanol–water partition coefficient (Wildman–Crippen LogP) is 2.40. The molecule has 0 bridgehead atoms. The number of rotatable bonds is 4. The normalized spacial score (nSPS) is 13.9. The van der Waals surface area contributed by atoms with Crippen molar-refractivity contribution in [1.82, 2.24) is 4.31 Å². The zero-order chi connectivity index (χ0) is 15.7. The number of nitrogens with zero attached hydrogens (tertiary/aromatic N) is 1. The minimum Gasteiger partial charge on any atom is -0.329 e. The Morgan fingerprint density at radius 2 is 1.86 bits per heavy atom. The average molecular weight is 347 g/mol. The van der Waals surface area contributed by atoms with Crippen LogP contribution >= 0.6 is 12.4 Å². The molecule has 0 spiro atoms. The number of halogens is 4. The topological polar surface area (TPSA) is 63.4 Å². The third-order valence-electron chi connectivity index (χ3n) is 3.15. The van der Waals surface area contributed by atoms with Gasteiger partial charge in [0.2, 0.25) is 10.0 Å². The number of aryl methyl sites for hydroxylation is 1. The van der Waals surface area contributed by atoms with E-state index in [1.807, 2.05) is 0 Å². The molecule has 122 valence electrons. The summed E-state index contributed by atoms with van der Waals surface area (Å²) < 4.78 is 63.9. The van der Waals surface area contributed by atoms with Crippen LogP contribution < -0.4 is 5.73 Å². The summed E-state index contributed by atoms with van der Waals surface area (Å²) in [7, 11) is -2.70. The summed E-state index contributed by atoms with van der Waals surface area (Å²) >= 11 is 0. The summed E-state index contributed by atoms with van der Waals surface area (Å²) in [6, 6.07) is 2.47. The number of alkyl halides is 3. The van der Waals surface area contributed by atoms with Crippen LogP contribution in [0.2, 0.25) is 0 Å². The van der Waals surface area contributed by atoms with E-state index in [0.29, 0.717) is 6.07 Å². The predicted molar refractivity (Wildman–Crippen MR) is 76.9 cm³/mol. The number of likely N-dealkylation sites (N-methyl/N-ethyl adjacent to an activating group) is 1.